The van der Waals surface area contributed by atoms with Crippen LogP contribution in [0.3, 0.4) is 0 Å². The van der Waals surface area contributed by atoms with Crippen molar-refractivity contribution in [3.8, 4) is 11.3 Å². The first kappa shape index (κ1) is 11.8. The average Bonchev–Trinajstić information content (AvgIpc) is 2.29. The van der Waals surface area contributed by atoms with Gasteiger partial charge in [0.25, 0.3) is 0 Å². The maximum absolute atomic E-state index is 12.8. The lowest BCUT2D eigenvalue weighted by Gasteiger charge is -2.10. The van der Waals surface area contributed by atoms with Crippen molar-refractivity contribution in [3.63, 3.8) is 0 Å². The van der Waals surface area contributed by atoms with Crippen molar-refractivity contribution in [3.05, 3.63) is 53.5 Å². The van der Waals surface area contributed by atoms with Gasteiger partial charge in [-0.1, -0.05) is 13.8 Å². The van der Waals surface area contributed by atoms with Crippen molar-refractivity contribution in [1.82, 2.24) is 4.98 Å². The predicted molar refractivity (Wildman–Crippen MR) is 68.5 cm³/mol. The Balaban J connectivity index is 2.41. The highest BCUT2D eigenvalue weighted by atomic mass is 19.1. The van der Waals surface area contributed by atoms with Gasteiger partial charge in [-0.15, -0.1) is 0 Å². The van der Waals surface area contributed by atoms with Crippen LogP contribution in [-0.2, 0) is 0 Å². The van der Waals surface area contributed by atoms with Gasteiger partial charge in [-0.2, -0.15) is 0 Å². The molecule has 0 N–H and O–H groups in total. The molecule has 0 saturated carbocycles. The Kier molecular flexibility index (Phi) is 3.23. The van der Waals surface area contributed by atoms with Gasteiger partial charge in [-0.05, 0) is 54.3 Å². The summed E-state index contributed by atoms with van der Waals surface area (Å²) in [5.41, 5.74) is 4.34. The van der Waals surface area contributed by atoms with E-state index in [2.05, 4.69) is 31.8 Å². The molecule has 0 unspecified atom stereocenters. The Labute approximate surface area is 101 Å². The zero-order valence-corrected chi connectivity index (χ0v) is 10.4. The van der Waals surface area contributed by atoms with Crippen LogP contribution in [0.4, 0.5) is 4.39 Å². The van der Waals surface area contributed by atoms with Crippen LogP contribution in [0.2, 0.25) is 0 Å². The molecule has 1 nitrogen and oxygen atoms in total. The summed E-state index contributed by atoms with van der Waals surface area (Å²) in [7, 11) is 0. The van der Waals surface area contributed by atoms with Gasteiger partial charge in [0, 0.05) is 11.8 Å². The Hall–Kier alpha value is -1.70. The van der Waals surface area contributed by atoms with E-state index < -0.39 is 0 Å². The molecule has 2 rings (SSSR count). The first-order chi connectivity index (χ1) is 8.08. The highest BCUT2D eigenvalue weighted by molar-refractivity contribution is 5.60. The third kappa shape index (κ3) is 2.52. The van der Waals surface area contributed by atoms with E-state index >= 15 is 0 Å². The highest BCUT2D eigenvalue weighted by Crippen LogP contribution is 2.23. The Bertz CT molecular complexity index is 515. The number of hydrogen-bond acceptors (Lipinski definition) is 1. The van der Waals surface area contributed by atoms with Crippen LogP contribution >= 0.6 is 0 Å². The first-order valence-corrected chi connectivity index (χ1v) is 5.80. The van der Waals surface area contributed by atoms with Gasteiger partial charge in [-0.3, -0.25) is 4.98 Å². The molecule has 0 saturated heterocycles. The fourth-order valence-corrected chi connectivity index (χ4v) is 1.95. The minimum Gasteiger partial charge on any atom is -0.256 e. The minimum absolute atomic E-state index is 0.218. The van der Waals surface area contributed by atoms with Crippen LogP contribution < -0.4 is 0 Å². The quantitative estimate of drug-likeness (QED) is 0.747. The SMILES string of the molecule is Cc1cc(-c2ccc(F)cc2)ncc1C(C)C. The highest BCUT2D eigenvalue weighted by Gasteiger charge is 2.06. The number of rotatable bonds is 2. The normalized spacial score (nSPS) is 10.9. The van der Waals surface area contributed by atoms with Crippen molar-refractivity contribution in [2.45, 2.75) is 26.7 Å². The molecule has 88 valence electrons. The van der Waals surface area contributed by atoms with Gasteiger partial charge < -0.3 is 0 Å². The third-order valence-electron chi connectivity index (χ3n) is 2.91. The lowest BCUT2D eigenvalue weighted by molar-refractivity contribution is 0.628. The number of aromatic nitrogens is 1. The van der Waals surface area contributed by atoms with E-state index in [0.717, 1.165) is 11.3 Å². The van der Waals surface area contributed by atoms with Crippen LogP contribution in [0.5, 0.6) is 0 Å². The molecule has 0 aliphatic rings. The fraction of sp³-hybridized carbons (Fsp3) is 0.267. The van der Waals surface area contributed by atoms with Gasteiger partial charge in [0.15, 0.2) is 0 Å². The fourth-order valence-electron chi connectivity index (χ4n) is 1.95. The number of benzene rings is 1. The largest absolute Gasteiger partial charge is 0.256 e. The molecule has 17 heavy (non-hydrogen) atoms. The molecular weight excluding hydrogens is 213 g/mol. The number of nitrogens with zero attached hydrogens (tertiary/aromatic N) is 1. The molecule has 0 amide bonds. The molecule has 2 heteroatoms. The summed E-state index contributed by atoms with van der Waals surface area (Å²) in [5.74, 6) is 0.258. The lowest BCUT2D eigenvalue weighted by Crippen LogP contribution is -1.95. The van der Waals surface area contributed by atoms with Gasteiger partial charge in [0.05, 0.1) is 5.69 Å². The smallest absolute Gasteiger partial charge is 0.123 e. The van der Waals surface area contributed by atoms with E-state index in [1.807, 2.05) is 6.20 Å². The maximum Gasteiger partial charge on any atom is 0.123 e. The van der Waals surface area contributed by atoms with Gasteiger partial charge in [-0.25, -0.2) is 4.39 Å². The van der Waals surface area contributed by atoms with E-state index in [9.17, 15) is 4.39 Å². The summed E-state index contributed by atoms with van der Waals surface area (Å²) >= 11 is 0. The Morgan fingerprint density at radius 2 is 1.76 bits per heavy atom. The van der Waals surface area contributed by atoms with E-state index in [4.69, 9.17) is 0 Å². The number of halogens is 1. The van der Waals surface area contributed by atoms with Crippen LogP contribution in [0.1, 0.15) is 30.9 Å². The molecule has 1 aromatic heterocycles. The summed E-state index contributed by atoms with van der Waals surface area (Å²) < 4.78 is 12.8. The molecule has 0 spiro atoms. The van der Waals surface area contributed by atoms with Crippen molar-refractivity contribution >= 4 is 0 Å². The maximum atomic E-state index is 12.8. The molecule has 0 atom stereocenters. The molecule has 1 heterocycles. The molecule has 0 bridgehead atoms. The minimum atomic E-state index is -0.218. The van der Waals surface area contributed by atoms with E-state index in [-0.39, 0.29) is 5.82 Å². The summed E-state index contributed by atoms with van der Waals surface area (Å²) in [6.07, 6.45) is 1.92. The zero-order chi connectivity index (χ0) is 12.4. The third-order valence-corrected chi connectivity index (χ3v) is 2.91. The van der Waals surface area contributed by atoms with Crippen LogP contribution in [-0.4, -0.2) is 4.98 Å². The van der Waals surface area contributed by atoms with E-state index in [1.165, 1.54) is 23.3 Å². The van der Waals surface area contributed by atoms with Crippen LogP contribution in [0.15, 0.2) is 36.5 Å². The van der Waals surface area contributed by atoms with Crippen molar-refractivity contribution < 1.29 is 4.39 Å². The second-order valence-corrected chi connectivity index (χ2v) is 4.59. The molecule has 0 radical (unpaired) electrons. The number of pyridine rings is 1. The van der Waals surface area contributed by atoms with Gasteiger partial charge in [0.1, 0.15) is 5.82 Å². The van der Waals surface area contributed by atoms with Crippen LogP contribution in [0, 0.1) is 12.7 Å². The summed E-state index contributed by atoms with van der Waals surface area (Å²) in [6.45, 7) is 6.40. The Morgan fingerprint density at radius 3 is 2.29 bits per heavy atom. The monoisotopic (exact) mass is 229 g/mol. The molecule has 1 aromatic carbocycles. The van der Waals surface area contributed by atoms with Gasteiger partial charge >= 0.3 is 0 Å². The zero-order valence-electron chi connectivity index (χ0n) is 10.4. The van der Waals surface area contributed by atoms with E-state index in [1.54, 1.807) is 12.1 Å². The van der Waals surface area contributed by atoms with Crippen molar-refractivity contribution in [2.75, 3.05) is 0 Å². The standard InChI is InChI=1S/C15H16FN/c1-10(2)14-9-17-15(8-11(14)3)12-4-6-13(16)7-5-12/h4-10H,1-3H3. The second-order valence-electron chi connectivity index (χ2n) is 4.59. The summed E-state index contributed by atoms with van der Waals surface area (Å²) in [6, 6.07) is 8.49. The van der Waals surface area contributed by atoms with Gasteiger partial charge in [0.2, 0.25) is 0 Å². The second kappa shape index (κ2) is 4.66. The number of aryl methyl sites for hydroxylation is 1. The molecule has 2 aromatic rings. The Morgan fingerprint density at radius 1 is 1.12 bits per heavy atom. The molecule has 0 aliphatic heterocycles. The van der Waals surface area contributed by atoms with E-state index in [0.29, 0.717) is 5.92 Å². The van der Waals surface area contributed by atoms with Crippen molar-refractivity contribution in [1.29, 1.82) is 0 Å². The first-order valence-electron chi connectivity index (χ1n) is 5.80. The molecule has 0 aliphatic carbocycles. The average molecular weight is 229 g/mol. The molecular formula is C15H16FN. The number of hydrogen-bond donors (Lipinski definition) is 0. The predicted octanol–water partition coefficient (Wildman–Crippen LogP) is 4.32. The lowest BCUT2D eigenvalue weighted by atomic mass is 9.98. The summed E-state index contributed by atoms with van der Waals surface area (Å²) in [4.78, 5) is 4.44. The van der Waals surface area contributed by atoms with Crippen LogP contribution in [0.25, 0.3) is 11.3 Å². The summed E-state index contributed by atoms with van der Waals surface area (Å²) in [5, 5.41) is 0. The van der Waals surface area contributed by atoms with Crippen molar-refractivity contribution in [2.24, 2.45) is 0 Å². The molecule has 0 fully saturated rings. The topological polar surface area (TPSA) is 12.9 Å².